The highest BCUT2D eigenvalue weighted by Crippen LogP contribution is 2.21. The molecule has 0 radical (unpaired) electrons. The molecule has 1 fully saturated rings. The summed E-state index contributed by atoms with van der Waals surface area (Å²) in [6.45, 7) is 3.45. The number of ether oxygens (including phenoxy) is 1. The van der Waals surface area contributed by atoms with Crippen molar-refractivity contribution in [1.82, 2.24) is 20.2 Å². The van der Waals surface area contributed by atoms with Gasteiger partial charge in [-0.05, 0) is 47.5 Å². The van der Waals surface area contributed by atoms with Crippen LogP contribution in [0.2, 0.25) is 0 Å². The van der Waals surface area contributed by atoms with E-state index in [-0.39, 0.29) is 12.5 Å². The Balaban J connectivity index is 1.61. The molecule has 0 N–H and O–H groups in total. The highest BCUT2D eigenvalue weighted by atomic mass is 16.5. The Morgan fingerprint density at radius 3 is 2.75 bits per heavy atom. The van der Waals surface area contributed by atoms with Gasteiger partial charge >= 0.3 is 5.97 Å². The van der Waals surface area contributed by atoms with Crippen molar-refractivity contribution >= 4 is 17.6 Å². The average Bonchev–Trinajstić information content (AvgIpc) is 3.22. The molecule has 0 unspecified atom stereocenters. The van der Waals surface area contributed by atoms with E-state index in [1.165, 1.54) is 0 Å². The lowest BCUT2D eigenvalue weighted by molar-refractivity contribution is -0.117. The summed E-state index contributed by atoms with van der Waals surface area (Å²) in [4.78, 5) is 25.6. The van der Waals surface area contributed by atoms with E-state index in [2.05, 4.69) is 15.5 Å². The van der Waals surface area contributed by atoms with Gasteiger partial charge in [0, 0.05) is 25.2 Å². The number of benzene rings is 1. The van der Waals surface area contributed by atoms with Gasteiger partial charge in [-0.3, -0.25) is 4.79 Å². The fourth-order valence-electron chi connectivity index (χ4n) is 2.62. The first-order chi connectivity index (χ1) is 11.7. The predicted octanol–water partition coefficient (Wildman–Crippen LogP) is 1.57. The van der Waals surface area contributed by atoms with Crippen LogP contribution >= 0.6 is 0 Å². The van der Waals surface area contributed by atoms with Gasteiger partial charge in [-0.15, -0.1) is 5.10 Å². The first-order valence-corrected chi connectivity index (χ1v) is 8.01. The van der Waals surface area contributed by atoms with Crippen LogP contribution in [-0.2, 0) is 22.7 Å². The minimum Gasteiger partial charge on any atom is -0.454 e. The van der Waals surface area contributed by atoms with Crippen LogP contribution in [0.15, 0.2) is 24.3 Å². The Morgan fingerprint density at radius 2 is 2.08 bits per heavy atom. The van der Waals surface area contributed by atoms with E-state index in [1.54, 1.807) is 33.8 Å². The van der Waals surface area contributed by atoms with Crippen molar-refractivity contribution in [1.29, 1.82) is 0 Å². The van der Waals surface area contributed by atoms with E-state index in [0.29, 0.717) is 24.4 Å². The fraction of sp³-hybridized carbons (Fsp3) is 0.438. The molecule has 8 heteroatoms. The molecule has 0 aliphatic carbocycles. The summed E-state index contributed by atoms with van der Waals surface area (Å²) in [5, 5.41) is 11.3. The summed E-state index contributed by atoms with van der Waals surface area (Å²) < 4.78 is 6.88. The van der Waals surface area contributed by atoms with Crippen LogP contribution in [0.5, 0.6) is 0 Å². The molecule has 1 aliphatic heterocycles. The predicted molar refractivity (Wildman–Crippen MR) is 85.3 cm³/mol. The van der Waals surface area contributed by atoms with Gasteiger partial charge in [0.05, 0.1) is 5.56 Å². The van der Waals surface area contributed by atoms with Crippen LogP contribution in [0.1, 0.15) is 42.4 Å². The molecule has 0 bridgehead atoms. The quantitative estimate of drug-likeness (QED) is 0.747. The van der Waals surface area contributed by atoms with Crippen LogP contribution in [0, 0.1) is 0 Å². The van der Waals surface area contributed by atoms with Crippen molar-refractivity contribution in [3.8, 4) is 0 Å². The number of amides is 1. The summed E-state index contributed by atoms with van der Waals surface area (Å²) in [6, 6.07) is 6.86. The van der Waals surface area contributed by atoms with Crippen LogP contribution in [-0.4, -0.2) is 38.6 Å². The molecule has 2 aromatic rings. The summed E-state index contributed by atoms with van der Waals surface area (Å²) >= 11 is 0. The molecule has 24 heavy (non-hydrogen) atoms. The Kier molecular flexibility index (Phi) is 4.83. The van der Waals surface area contributed by atoms with Crippen molar-refractivity contribution in [2.45, 2.75) is 39.3 Å². The van der Waals surface area contributed by atoms with E-state index >= 15 is 0 Å². The molecule has 126 valence electrons. The smallest absolute Gasteiger partial charge is 0.338 e. The lowest BCUT2D eigenvalue weighted by atomic mass is 10.2. The van der Waals surface area contributed by atoms with Crippen molar-refractivity contribution < 1.29 is 14.3 Å². The summed E-state index contributed by atoms with van der Waals surface area (Å²) in [6.07, 6.45) is 2.34. The number of aryl methyl sites for hydroxylation is 1. The number of nitrogens with zero attached hydrogens (tertiary/aromatic N) is 5. The van der Waals surface area contributed by atoms with E-state index in [9.17, 15) is 9.59 Å². The molecule has 1 aromatic heterocycles. The summed E-state index contributed by atoms with van der Waals surface area (Å²) in [7, 11) is 0. The molecular formula is C16H19N5O3. The highest BCUT2D eigenvalue weighted by molar-refractivity contribution is 5.96. The van der Waals surface area contributed by atoms with Gasteiger partial charge in [0.1, 0.15) is 0 Å². The molecule has 0 spiro atoms. The molecule has 1 aromatic carbocycles. The molecule has 8 nitrogen and oxygen atoms in total. The van der Waals surface area contributed by atoms with Gasteiger partial charge in [0.25, 0.3) is 0 Å². The number of aromatic nitrogens is 4. The highest BCUT2D eigenvalue weighted by Gasteiger charge is 2.21. The molecular weight excluding hydrogens is 310 g/mol. The molecule has 2 heterocycles. The second-order valence-electron chi connectivity index (χ2n) is 5.59. The molecule has 1 saturated heterocycles. The van der Waals surface area contributed by atoms with Crippen LogP contribution in [0.3, 0.4) is 0 Å². The molecule has 1 amide bonds. The molecule has 1 aliphatic rings. The summed E-state index contributed by atoms with van der Waals surface area (Å²) in [5.74, 6) is 0.193. The van der Waals surface area contributed by atoms with E-state index in [4.69, 9.17) is 4.74 Å². The second kappa shape index (κ2) is 7.20. The summed E-state index contributed by atoms with van der Waals surface area (Å²) in [5.41, 5.74) is 1.24. The van der Waals surface area contributed by atoms with E-state index in [0.717, 1.165) is 25.1 Å². The zero-order valence-corrected chi connectivity index (χ0v) is 13.5. The van der Waals surface area contributed by atoms with Crippen LogP contribution in [0.4, 0.5) is 5.69 Å². The van der Waals surface area contributed by atoms with Crippen molar-refractivity contribution in [2.24, 2.45) is 0 Å². The fourth-order valence-corrected chi connectivity index (χ4v) is 2.62. The molecule has 0 saturated carbocycles. The third kappa shape index (κ3) is 3.42. The number of carbonyl (C=O) groups excluding carboxylic acids is 2. The Bertz CT molecular complexity index is 726. The number of anilines is 1. The van der Waals surface area contributed by atoms with Gasteiger partial charge < -0.3 is 9.64 Å². The van der Waals surface area contributed by atoms with Gasteiger partial charge in [-0.1, -0.05) is 6.92 Å². The average molecular weight is 329 g/mol. The third-order valence-electron chi connectivity index (χ3n) is 3.86. The van der Waals surface area contributed by atoms with Crippen molar-refractivity contribution in [3.05, 3.63) is 35.7 Å². The SMILES string of the molecule is CCCn1nnnc1COC(=O)c1ccc(N2CCCC2=O)cc1. The topological polar surface area (TPSA) is 90.2 Å². The van der Waals surface area contributed by atoms with Gasteiger partial charge in [0.15, 0.2) is 12.4 Å². The Morgan fingerprint density at radius 1 is 1.29 bits per heavy atom. The molecule has 0 atom stereocenters. The Hall–Kier alpha value is -2.77. The van der Waals surface area contributed by atoms with E-state index < -0.39 is 5.97 Å². The molecule has 3 rings (SSSR count). The first kappa shape index (κ1) is 16.1. The normalized spacial score (nSPS) is 14.2. The Labute approximate surface area is 139 Å². The van der Waals surface area contributed by atoms with Crippen LogP contribution in [0.25, 0.3) is 0 Å². The van der Waals surface area contributed by atoms with Gasteiger partial charge in [-0.25, -0.2) is 9.48 Å². The van der Waals surface area contributed by atoms with Crippen molar-refractivity contribution in [2.75, 3.05) is 11.4 Å². The minimum absolute atomic E-state index is 0.0260. The zero-order chi connectivity index (χ0) is 16.9. The lowest BCUT2D eigenvalue weighted by Gasteiger charge is -2.15. The van der Waals surface area contributed by atoms with Gasteiger partial charge in [-0.2, -0.15) is 0 Å². The number of hydrogen-bond donors (Lipinski definition) is 0. The van der Waals surface area contributed by atoms with Gasteiger partial charge in [0.2, 0.25) is 5.91 Å². The number of hydrogen-bond acceptors (Lipinski definition) is 6. The number of tetrazole rings is 1. The first-order valence-electron chi connectivity index (χ1n) is 8.01. The number of rotatable bonds is 6. The lowest BCUT2D eigenvalue weighted by Crippen LogP contribution is -2.23. The number of esters is 1. The number of carbonyl (C=O) groups is 2. The largest absolute Gasteiger partial charge is 0.454 e. The van der Waals surface area contributed by atoms with E-state index in [1.807, 2.05) is 6.92 Å². The monoisotopic (exact) mass is 329 g/mol. The third-order valence-corrected chi connectivity index (χ3v) is 3.86. The maximum Gasteiger partial charge on any atom is 0.338 e. The maximum absolute atomic E-state index is 12.1. The second-order valence-corrected chi connectivity index (χ2v) is 5.59. The minimum atomic E-state index is -0.444. The maximum atomic E-state index is 12.1. The van der Waals surface area contributed by atoms with Crippen LogP contribution < -0.4 is 4.90 Å². The standard InChI is InChI=1S/C16H19N5O3/c1-2-9-21-14(17-18-19-21)11-24-16(23)12-5-7-13(8-6-12)20-10-3-4-15(20)22/h5-8H,2-4,9-11H2,1H3. The zero-order valence-electron chi connectivity index (χ0n) is 13.5. The van der Waals surface area contributed by atoms with Crippen molar-refractivity contribution in [3.63, 3.8) is 0 Å².